The van der Waals surface area contributed by atoms with Crippen molar-refractivity contribution in [3.05, 3.63) is 70.8 Å². The van der Waals surface area contributed by atoms with E-state index in [1.807, 2.05) is 24.3 Å². The summed E-state index contributed by atoms with van der Waals surface area (Å²) in [5.41, 5.74) is 1.37. The second-order valence-electron chi connectivity index (χ2n) is 4.26. The molecule has 98 valence electrons. The first-order chi connectivity index (χ1) is 9.74. The normalized spacial score (nSPS) is 10.4. The predicted molar refractivity (Wildman–Crippen MR) is 76.8 cm³/mol. The lowest BCUT2D eigenvalue weighted by atomic mass is 10.2. The molecule has 0 unspecified atom stereocenters. The van der Waals surface area contributed by atoms with Crippen molar-refractivity contribution in [1.29, 1.82) is 0 Å². The van der Waals surface area contributed by atoms with Gasteiger partial charge in [0, 0.05) is 17.6 Å². The topological polar surface area (TPSA) is 74.8 Å². The number of amides is 1. The number of hydrogen-bond donors (Lipinski definition) is 2. The number of aromatic amines is 1. The van der Waals surface area contributed by atoms with Crippen molar-refractivity contribution in [3.8, 4) is 0 Å². The standard InChI is InChI=1S/C15H11N3O2/c19-14-8-2-7-13(17-14)15(20)18-12-6-1-5-11-10(12)4-3-9-16-11/h1-9H,(H,17,19)(H,18,20). The number of fused-ring (bicyclic) bond motifs is 1. The molecule has 3 aromatic rings. The van der Waals surface area contributed by atoms with E-state index in [1.165, 1.54) is 6.07 Å². The van der Waals surface area contributed by atoms with Gasteiger partial charge in [-0.15, -0.1) is 0 Å². The van der Waals surface area contributed by atoms with E-state index in [0.717, 1.165) is 10.9 Å². The molecule has 2 aromatic heterocycles. The van der Waals surface area contributed by atoms with E-state index >= 15 is 0 Å². The number of nitrogens with zero attached hydrogens (tertiary/aromatic N) is 1. The van der Waals surface area contributed by atoms with Crippen LogP contribution in [0, 0.1) is 0 Å². The van der Waals surface area contributed by atoms with Gasteiger partial charge in [0.25, 0.3) is 5.91 Å². The molecule has 2 heterocycles. The van der Waals surface area contributed by atoms with Gasteiger partial charge in [-0.3, -0.25) is 14.6 Å². The maximum absolute atomic E-state index is 12.1. The zero-order valence-electron chi connectivity index (χ0n) is 10.5. The molecule has 3 rings (SSSR count). The van der Waals surface area contributed by atoms with Gasteiger partial charge >= 0.3 is 0 Å². The number of carbonyl (C=O) groups excluding carboxylic acids is 1. The van der Waals surface area contributed by atoms with Crippen molar-refractivity contribution < 1.29 is 4.79 Å². The third-order valence-corrected chi connectivity index (χ3v) is 2.91. The highest BCUT2D eigenvalue weighted by atomic mass is 16.2. The first-order valence-corrected chi connectivity index (χ1v) is 6.08. The number of hydrogen-bond acceptors (Lipinski definition) is 3. The molecule has 0 saturated heterocycles. The lowest BCUT2D eigenvalue weighted by Gasteiger charge is -2.07. The van der Waals surface area contributed by atoms with E-state index in [9.17, 15) is 9.59 Å². The molecular weight excluding hydrogens is 254 g/mol. The van der Waals surface area contributed by atoms with Gasteiger partial charge in [0.05, 0.1) is 11.2 Å². The Balaban J connectivity index is 1.97. The number of benzene rings is 1. The molecule has 5 heteroatoms. The van der Waals surface area contributed by atoms with Crippen LogP contribution >= 0.6 is 0 Å². The van der Waals surface area contributed by atoms with E-state index in [2.05, 4.69) is 15.3 Å². The zero-order valence-corrected chi connectivity index (χ0v) is 10.5. The number of anilines is 1. The fourth-order valence-corrected chi connectivity index (χ4v) is 1.98. The quantitative estimate of drug-likeness (QED) is 0.745. The second kappa shape index (κ2) is 4.97. The number of H-pyrrole nitrogens is 1. The maximum Gasteiger partial charge on any atom is 0.272 e. The average Bonchev–Trinajstić information content (AvgIpc) is 2.47. The summed E-state index contributed by atoms with van der Waals surface area (Å²) in [5, 5.41) is 3.63. The summed E-state index contributed by atoms with van der Waals surface area (Å²) in [6.07, 6.45) is 1.70. The summed E-state index contributed by atoms with van der Waals surface area (Å²) in [7, 11) is 0. The minimum atomic E-state index is -0.362. The van der Waals surface area contributed by atoms with Gasteiger partial charge in [-0.2, -0.15) is 0 Å². The maximum atomic E-state index is 12.1. The third-order valence-electron chi connectivity index (χ3n) is 2.91. The molecule has 0 radical (unpaired) electrons. The van der Waals surface area contributed by atoms with Crippen LogP contribution in [0.25, 0.3) is 10.9 Å². The van der Waals surface area contributed by atoms with Crippen LogP contribution in [0.2, 0.25) is 0 Å². The summed E-state index contributed by atoms with van der Waals surface area (Å²) in [5.74, 6) is -0.362. The fraction of sp³-hybridized carbons (Fsp3) is 0. The molecule has 0 saturated carbocycles. The summed E-state index contributed by atoms with van der Waals surface area (Å²) >= 11 is 0. The lowest BCUT2D eigenvalue weighted by molar-refractivity contribution is 0.102. The van der Waals surface area contributed by atoms with E-state index in [0.29, 0.717) is 5.69 Å². The van der Waals surface area contributed by atoms with Crippen LogP contribution in [-0.2, 0) is 0 Å². The molecule has 2 N–H and O–H groups in total. The number of rotatable bonds is 2. The van der Waals surface area contributed by atoms with Gasteiger partial charge in [0.15, 0.2) is 0 Å². The molecule has 0 aliphatic heterocycles. The Morgan fingerprint density at radius 1 is 1.05 bits per heavy atom. The molecule has 0 aliphatic rings. The number of nitrogens with one attached hydrogen (secondary N) is 2. The predicted octanol–water partition coefficient (Wildman–Crippen LogP) is 2.18. The molecule has 20 heavy (non-hydrogen) atoms. The molecule has 1 amide bonds. The summed E-state index contributed by atoms with van der Waals surface area (Å²) < 4.78 is 0. The SMILES string of the molecule is O=C(Nc1cccc2ncccc12)c1cccc(=O)[nH]1. The van der Waals surface area contributed by atoms with E-state index in [4.69, 9.17) is 0 Å². The Morgan fingerprint density at radius 3 is 2.75 bits per heavy atom. The highest BCUT2D eigenvalue weighted by Gasteiger charge is 2.08. The second-order valence-corrected chi connectivity index (χ2v) is 4.26. The Hall–Kier alpha value is -2.95. The van der Waals surface area contributed by atoms with Crippen LogP contribution < -0.4 is 10.9 Å². The van der Waals surface area contributed by atoms with Crippen LogP contribution in [0.5, 0.6) is 0 Å². The van der Waals surface area contributed by atoms with Crippen LogP contribution in [-0.4, -0.2) is 15.9 Å². The highest BCUT2D eigenvalue weighted by molar-refractivity contribution is 6.07. The van der Waals surface area contributed by atoms with Gasteiger partial charge in [0.2, 0.25) is 5.56 Å². The smallest absolute Gasteiger partial charge is 0.272 e. The van der Waals surface area contributed by atoms with Crippen molar-refractivity contribution in [2.24, 2.45) is 0 Å². The monoisotopic (exact) mass is 265 g/mol. The Bertz CT molecular complexity index is 834. The molecule has 1 aromatic carbocycles. The van der Waals surface area contributed by atoms with Crippen LogP contribution in [0.15, 0.2) is 59.5 Å². The Labute approximate surface area is 114 Å². The molecular formula is C15H11N3O2. The number of carbonyl (C=O) groups is 1. The Morgan fingerprint density at radius 2 is 1.90 bits per heavy atom. The van der Waals surface area contributed by atoms with Gasteiger partial charge < -0.3 is 10.3 Å². The molecule has 0 spiro atoms. The van der Waals surface area contributed by atoms with Crippen molar-refractivity contribution in [1.82, 2.24) is 9.97 Å². The fourth-order valence-electron chi connectivity index (χ4n) is 1.98. The van der Waals surface area contributed by atoms with Crippen molar-refractivity contribution >= 4 is 22.5 Å². The average molecular weight is 265 g/mol. The first kappa shape index (κ1) is 12.1. The van der Waals surface area contributed by atoms with Crippen molar-refractivity contribution in [3.63, 3.8) is 0 Å². The highest BCUT2D eigenvalue weighted by Crippen LogP contribution is 2.21. The Kier molecular flexibility index (Phi) is 3.01. The minimum Gasteiger partial charge on any atom is -0.320 e. The van der Waals surface area contributed by atoms with Gasteiger partial charge in [-0.1, -0.05) is 12.1 Å². The summed E-state index contributed by atoms with van der Waals surface area (Å²) in [6, 6.07) is 13.6. The minimum absolute atomic E-state index is 0.221. The van der Waals surface area contributed by atoms with E-state index < -0.39 is 0 Å². The van der Waals surface area contributed by atoms with Crippen LogP contribution in [0.3, 0.4) is 0 Å². The summed E-state index contributed by atoms with van der Waals surface area (Å²) in [4.78, 5) is 30.0. The first-order valence-electron chi connectivity index (χ1n) is 6.08. The van der Waals surface area contributed by atoms with Crippen molar-refractivity contribution in [2.75, 3.05) is 5.32 Å². The number of aromatic nitrogens is 2. The molecule has 5 nitrogen and oxygen atoms in total. The van der Waals surface area contributed by atoms with Gasteiger partial charge in [0.1, 0.15) is 5.69 Å². The van der Waals surface area contributed by atoms with Crippen LogP contribution in [0.4, 0.5) is 5.69 Å². The van der Waals surface area contributed by atoms with E-state index in [-0.39, 0.29) is 17.2 Å². The largest absolute Gasteiger partial charge is 0.320 e. The van der Waals surface area contributed by atoms with Gasteiger partial charge in [-0.05, 0) is 30.3 Å². The number of pyridine rings is 2. The molecule has 0 atom stereocenters. The summed E-state index contributed by atoms with van der Waals surface area (Å²) in [6.45, 7) is 0. The van der Waals surface area contributed by atoms with E-state index in [1.54, 1.807) is 24.4 Å². The lowest BCUT2D eigenvalue weighted by Crippen LogP contribution is -2.18. The van der Waals surface area contributed by atoms with Crippen LogP contribution in [0.1, 0.15) is 10.5 Å². The van der Waals surface area contributed by atoms with Gasteiger partial charge in [-0.25, -0.2) is 0 Å². The van der Waals surface area contributed by atoms with Crippen molar-refractivity contribution in [2.45, 2.75) is 0 Å². The molecule has 0 fully saturated rings. The molecule has 0 aliphatic carbocycles. The molecule has 0 bridgehead atoms. The zero-order chi connectivity index (χ0) is 13.9. The third kappa shape index (κ3) is 2.29.